The molecule has 1 aliphatic rings. The lowest BCUT2D eigenvalue weighted by Gasteiger charge is -2.26. The molecular weight excluding hydrogens is 458 g/mol. The van der Waals surface area contributed by atoms with E-state index < -0.39 is 0 Å². The molecule has 4 aromatic rings. The van der Waals surface area contributed by atoms with Crippen molar-refractivity contribution in [1.82, 2.24) is 20.2 Å². The number of para-hydroxylation sites is 1. The molecule has 1 saturated heterocycles. The molecule has 0 bridgehead atoms. The van der Waals surface area contributed by atoms with Crippen molar-refractivity contribution in [1.29, 1.82) is 0 Å². The average molecular weight is 494 g/mol. The van der Waals surface area contributed by atoms with Crippen LogP contribution in [0.2, 0.25) is 0 Å². The number of carbonyl (C=O) groups is 1. The average Bonchev–Trinajstić information content (AvgIpc) is 2.96. The van der Waals surface area contributed by atoms with Crippen molar-refractivity contribution < 1.29 is 4.79 Å². The Hall–Kier alpha value is -3.77. The normalized spacial score (nSPS) is 13.9. The molecule has 2 aromatic carbocycles. The monoisotopic (exact) mass is 493 g/mol. The van der Waals surface area contributed by atoms with Crippen molar-refractivity contribution in [2.75, 3.05) is 38.0 Å². The van der Waals surface area contributed by atoms with E-state index in [1.54, 1.807) is 12.4 Å². The van der Waals surface area contributed by atoms with Crippen LogP contribution in [0, 0.1) is 0 Å². The summed E-state index contributed by atoms with van der Waals surface area (Å²) in [6, 6.07) is 22.0. The molecule has 37 heavy (non-hydrogen) atoms. The lowest BCUT2D eigenvalue weighted by atomic mass is 10.1. The number of benzene rings is 2. The van der Waals surface area contributed by atoms with Gasteiger partial charge in [0.05, 0.1) is 11.2 Å². The van der Waals surface area contributed by atoms with E-state index in [4.69, 9.17) is 4.98 Å². The second kappa shape index (κ2) is 12.5. The fraction of sp³-hybridized carbons (Fsp3) is 0.323. The van der Waals surface area contributed by atoms with Gasteiger partial charge in [-0.15, -0.1) is 0 Å². The van der Waals surface area contributed by atoms with Gasteiger partial charge in [-0.25, -0.2) is 4.98 Å². The van der Waals surface area contributed by atoms with Crippen molar-refractivity contribution in [3.8, 4) is 11.3 Å². The summed E-state index contributed by atoms with van der Waals surface area (Å²) in [7, 11) is 0. The van der Waals surface area contributed by atoms with E-state index in [0.29, 0.717) is 12.1 Å². The lowest BCUT2D eigenvalue weighted by molar-refractivity contribution is 0.0954. The number of rotatable bonds is 10. The van der Waals surface area contributed by atoms with Crippen molar-refractivity contribution >= 4 is 22.5 Å². The van der Waals surface area contributed by atoms with Crippen molar-refractivity contribution in [3.63, 3.8) is 0 Å². The summed E-state index contributed by atoms with van der Waals surface area (Å²) in [5, 5.41) is 7.81. The van der Waals surface area contributed by atoms with Crippen LogP contribution in [-0.4, -0.2) is 53.5 Å². The van der Waals surface area contributed by atoms with E-state index >= 15 is 0 Å². The second-order valence-electron chi connectivity index (χ2n) is 9.69. The molecule has 190 valence electrons. The third-order valence-corrected chi connectivity index (χ3v) is 7.02. The third kappa shape index (κ3) is 6.71. The van der Waals surface area contributed by atoms with Gasteiger partial charge in [0, 0.05) is 47.7 Å². The fourth-order valence-electron chi connectivity index (χ4n) is 4.94. The van der Waals surface area contributed by atoms with Gasteiger partial charge in [0.15, 0.2) is 0 Å². The third-order valence-electron chi connectivity index (χ3n) is 7.02. The van der Waals surface area contributed by atoms with Gasteiger partial charge in [-0.05, 0) is 87.3 Å². The predicted octanol–water partition coefficient (Wildman–Crippen LogP) is 5.56. The number of hydrogen-bond acceptors (Lipinski definition) is 5. The smallest absolute Gasteiger partial charge is 0.251 e. The van der Waals surface area contributed by atoms with Crippen LogP contribution < -0.4 is 10.6 Å². The maximum Gasteiger partial charge on any atom is 0.251 e. The Morgan fingerprint density at radius 1 is 0.892 bits per heavy atom. The van der Waals surface area contributed by atoms with E-state index in [0.717, 1.165) is 59.3 Å². The summed E-state index contributed by atoms with van der Waals surface area (Å²) in [5.74, 6) is -0.0665. The quantitative estimate of drug-likeness (QED) is 0.283. The SMILES string of the molecule is O=C(NCCc1ccncc1)c1ccc(-c2cc(NCCCN3CCCCC3)c3ccccc3n2)cc1. The largest absolute Gasteiger partial charge is 0.384 e. The van der Waals surface area contributed by atoms with E-state index in [1.807, 2.05) is 42.5 Å². The van der Waals surface area contributed by atoms with Crippen LogP contribution in [0.1, 0.15) is 41.6 Å². The number of nitrogens with one attached hydrogen (secondary N) is 2. The number of carbonyl (C=O) groups excluding carboxylic acids is 1. The molecule has 6 heteroatoms. The van der Waals surface area contributed by atoms with Gasteiger partial charge >= 0.3 is 0 Å². The zero-order chi connectivity index (χ0) is 25.3. The lowest BCUT2D eigenvalue weighted by Crippen LogP contribution is -2.31. The Morgan fingerprint density at radius 3 is 2.49 bits per heavy atom. The van der Waals surface area contributed by atoms with Crippen LogP contribution in [0.3, 0.4) is 0 Å². The summed E-state index contributed by atoms with van der Waals surface area (Å²) < 4.78 is 0. The summed E-state index contributed by atoms with van der Waals surface area (Å²) in [4.78, 5) is 24.1. The first-order valence-electron chi connectivity index (χ1n) is 13.4. The molecule has 2 N–H and O–H groups in total. The highest BCUT2D eigenvalue weighted by molar-refractivity contribution is 5.96. The summed E-state index contributed by atoms with van der Waals surface area (Å²) in [6.45, 7) is 5.14. The topological polar surface area (TPSA) is 70.2 Å². The molecular formula is C31H35N5O. The Labute approximate surface area is 219 Å². The van der Waals surface area contributed by atoms with Crippen LogP contribution >= 0.6 is 0 Å². The molecule has 1 aliphatic heterocycles. The van der Waals surface area contributed by atoms with E-state index in [1.165, 1.54) is 32.4 Å². The predicted molar refractivity (Wildman–Crippen MR) is 151 cm³/mol. The number of likely N-dealkylation sites (tertiary alicyclic amines) is 1. The van der Waals surface area contributed by atoms with Crippen LogP contribution in [-0.2, 0) is 6.42 Å². The molecule has 3 heterocycles. The summed E-state index contributed by atoms with van der Waals surface area (Å²) in [6.07, 6.45) is 9.48. The number of piperidine rings is 1. The highest BCUT2D eigenvalue weighted by Gasteiger charge is 2.11. The zero-order valence-electron chi connectivity index (χ0n) is 21.3. The van der Waals surface area contributed by atoms with Gasteiger partial charge in [0.25, 0.3) is 5.91 Å². The summed E-state index contributed by atoms with van der Waals surface area (Å²) >= 11 is 0. The highest BCUT2D eigenvalue weighted by Crippen LogP contribution is 2.28. The van der Waals surface area contributed by atoms with Crippen molar-refractivity contribution in [3.05, 3.63) is 90.3 Å². The maximum absolute atomic E-state index is 12.6. The fourth-order valence-corrected chi connectivity index (χ4v) is 4.94. The molecule has 0 aliphatic carbocycles. The second-order valence-corrected chi connectivity index (χ2v) is 9.69. The van der Waals surface area contributed by atoms with E-state index in [-0.39, 0.29) is 5.91 Å². The molecule has 0 unspecified atom stereocenters. The molecule has 6 nitrogen and oxygen atoms in total. The molecule has 0 saturated carbocycles. The Morgan fingerprint density at radius 2 is 1.68 bits per heavy atom. The molecule has 0 spiro atoms. The number of aromatic nitrogens is 2. The maximum atomic E-state index is 12.6. The van der Waals surface area contributed by atoms with Gasteiger partial charge in [-0.1, -0.05) is 36.8 Å². The molecule has 5 rings (SSSR count). The number of anilines is 1. The minimum absolute atomic E-state index is 0.0665. The van der Waals surface area contributed by atoms with Gasteiger partial charge in [0.1, 0.15) is 0 Å². The van der Waals surface area contributed by atoms with Gasteiger partial charge in [-0.2, -0.15) is 0 Å². The van der Waals surface area contributed by atoms with Crippen LogP contribution in [0.25, 0.3) is 22.2 Å². The molecule has 0 radical (unpaired) electrons. The van der Waals surface area contributed by atoms with E-state index in [9.17, 15) is 4.79 Å². The number of amides is 1. The minimum atomic E-state index is -0.0665. The van der Waals surface area contributed by atoms with Gasteiger partial charge in [-0.3, -0.25) is 9.78 Å². The Kier molecular flexibility index (Phi) is 8.39. The first-order valence-corrected chi connectivity index (χ1v) is 13.4. The number of nitrogens with zero attached hydrogens (tertiary/aromatic N) is 3. The molecule has 1 amide bonds. The molecule has 2 aromatic heterocycles. The molecule has 0 atom stereocenters. The van der Waals surface area contributed by atoms with Crippen LogP contribution in [0.15, 0.2) is 79.1 Å². The first kappa shape index (κ1) is 24.9. The van der Waals surface area contributed by atoms with Crippen molar-refractivity contribution in [2.24, 2.45) is 0 Å². The van der Waals surface area contributed by atoms with Gasteiger partial charge < -0.3 is 15.5 Å². The zero-order valence-corrected chi connectivity index (χ0v) is 21.3. The van der Waals surface area contributed by atoms with Crippen molar-refractivity contribution in [2.45, 2.75) is 32.1 Å². The van der Waals surface area contributed by atoms with E-state index in [2.05, 4.69) is 44.8 Å². The molecule has 1 fully saturated rings. The van der Waals surface area contributed by atoms with Gasteiger partial charge in [0.2, 0.25) is 0 Å². The van der Waals surface area contributed by atoms with Crippen LogP contribution in [0.4, 0.5) is 5.69 Å². The minimum Gasteiger partial charge on any atom is -0.384 e. The Balaban J connectivity index is 1.23. The Bertz CT molecular complexity index is 1300. The van der Waals surface area contributed by atoms with Crippen LogP contribution in [0.5, 0.6) is 0 Å². The number of hydrogen-bond donors (Lipinski definition) is 2. The first-order chi connectivity index (χ1) is 18.3. The number of pyridine rings is 2. The standard InChI is InChI=1S/C31H35N5O/c37-31(34-19-15-24-13-17-32-18-14-24)26-11-9-25(10-12-26)29-23-30(27-7-2-3-8-28(27)35-29)33-16-6-22-36-20-4-1-5-21-36/h2-3,7-14,17-18,23H,1,4-6,15-16,19-22H2,(H,33,35)(H,34,37). The summed E-state index contributed by atoms with van der Waals surface area (Å²) in [5.41, 5.74) is 5.78. The highest BCUT2D eigenvalue weighted by atomic mass is 16.1. The number of fused-ring (bicyclic) bond motifs is 1.